The molecule has 1 atom stereocenters. The van der Waals surface area contributed by atoms with Crippen LogP contribution in [0.1, 0.15) is 32.5 Å². The minimum absolute atomic E-state index is 0.353. The van der Waals surface area contributed by atoms with Crippen molar-refractivity contribution in [2.75, 3.05) is 0 Å². The third kappa shape index (κ3) is 2.40. The molecule has 1 aromatic heterocycles. The number of hydrogen-bond acceptors (Lipinski definition) is 2. The number of rotatable bonds is 2. The maximum Gasteiger partial charge on any atom is 0.129 e. The van der Waals surface area contributed by atoms with Crippen molar-refractivity contribution in [1.82, 2.24) is 0 Å². The highest BCUT2D eigenvalue weighted by Gasteiger charge is 2.18. The van der Waals surface area contributed by atoms with Crippen molar-refractivity contribution in [2.24, 2.45) is 0 Å². The summed E-state index contributed by atoms with van der Waals surface area (Å²) < 4.78 is 13.7. The summed E-state index contributed by atoms with van der Waals surface area (Å²) >= 11 is 1.62. The van der Waals surface area contributed by atoms with Crippen LogP contribution < -0.4 is 0 Å². The summed E-state index contributed by atoms with van der Waals surface area (Å²) in [6.45, 7) is 5.83. The first-order valence-corrected chi connectivity index (χ1v) is 6.31. The minimum atomic E-state index is -0.875. The third-order valence-corrected chi connectivity index (χ3v) is 3.80. The summed E-state index contributed by atoms with van der Waals surface area (Å²) in [6, 6.07) is 6.73. The molecule has 0 saturated carbocycles. The average molecular weight is 250 g/mol. The van der Waals surface area contributed by atoms with E-state index in [2.05, 4.69) is 0 Å². The van der Waals surface area contributed by atoms with Gasteiger partial charge in [-0.25, -0.2) is 4.39 Å². The molecule has 2 rings (SSSR count). The van der Waals surface area contributed by atoms with Gasteiger partial charge in [0, 0.05) is 15.3 Å². The van der Waals surface area contributed by atoms with Gasteiger partial charge < -0.3 is 5.11 Å². The zero-order valence-corrected chi connectivity index (χ0v) is 10.9. The Kier molecular flexibility index (Phi) is 3.31. The van der Waals surface area contributed by atoms with Crippen LogP contribution in [-0.2, 0) is 0 Å². The fourth-order valence-corrected chi connectivity index (χ4v) is 2.92. The molecular weight excluding hydrogens is 235 g/mol. The number of thiophene rings is 1. The SMILES string of the molecule is Cc1ccc(F)c(C(O)c2cc(C)sc2C)c1. The van der Waals surface area contributed by atoms with Crippen LogP contribution in [0.5, 0.6) is 0 Å². The van der Waals surface area contributed by atoms with E-state index in [1.54, 1.807) is 23.5 Å². The summed E-state index contributed by atoms with van der Waals surface area (Å²) in [5.74, 6) is -0.355. The smallest absolute Gasteiger partial charge is 0.129 e. The van der Waals surface area contributed by atoms with Crippen molar-refractivity contribution in [2.45, 2.75) is 26.9 Å². The first-order chi connectivity index (χ1) is 7.99. The molecule has 0 saturated heterocycles. The molecule has 0 amide bonds. The van der Waals surface area contributed by atoms with Gasteiger partial charge in [0.1, 0.15) is 11.9 Å². The Morgan fingerprint density at radius 1 is 1.12 bits per heavy atom. The monoisotopic (exact) mass is 250 g/mol. The molecule has 0 spiro atoms. The van der Waals surface area contributed by atoms with E-state index in [1.807, 2.05) is 26.8 Å². The van der Waals surface area contributed by atoms with Crippen LogP contribution in [0.3, 0.4) is 0 Å². The van der Waals surface area contributed by atoms with Crippen LogP contribution in [0, 0.1) is 26.6 Å². The van der Waals surface area contributed by atoms with Gasteiger partial charge in [-0.3, -0.25) is 0 Å². The number of hydrogen-bond donors (Lipinski definition) is 1. The topological polar surface area (TPSA) is 20.2 Å². The Bertz CT molecular complexity index is 545. The fourth-order valence-electron chi connectivity index (χ4n) is 1.96. The number of aliphatic hydroxyl groups is 1. The van der Waals surface area contributed by atoms with E-state index < -0.39 is 6.10 Å². The quantitative estimate of drug-likeness (QED) is 0.857. The number of benzene rings is 1. The molecule has 0 radical (unpaired) electrons. The normalized spacial score (nSPS) is 12.8. The maximum absolute atomic E-state index is 13.7. The molecule has 1 heterocycles. The molecule has 1 unspecified atom stereocenters. The molecule has 90 valence electrons. The van der Waals surface area contributed by atoms with E-state index in [-0.39, 0.29) is 5.82 Å². The van der Waals surface area contributed by atoms with Crippen molar-refractivity contribution in [3.63, 3.8) is 0 Å². The lowest BCUT2D eigenvalue weighted by Crippen LogP contribution is -2.03. The van der Waals surface area contributed by atoms with Gasteiger partial charge in [0.05, 0.1) is 0 Å². The fraction of sp³-hybridized carbons (Fsp3) is 0.286. The highest BCUT2D eigenvalue weighted by Crippen LogP contribution is 2.31. The van der Waals surface area contributed by atoms with Crippen LogP contribution >= 0.6 is 11.3 Å². The molecule has 0 aliphatic heterocycles. The van der Waals surface area contributed by atoms with Gasteiger partial charge in [0.2, 0.25) is 0 Å². The Hall–Kier alpha value is -1.19. The molecule has 0 fully saturated rings. The summed E-state index contributed by atoms with van der Waals surface area (Å²) in [7, 11) is 0. The van der Waals surface area contributed by atoms with Gasteiger partial charge in [-0.1, -0.05) is 17.7 Å². The number of aryl methyl sites for hydroxylation is 3. The highest BCUT2D eigenvalue weighted by molar-refractivity contribution is 7.12. The van der Waals surface area contributed by atoms with E-state index in [9.17, 15) is 9.50 Å². The molecule has 0 bridgehead atoms. The number of halogens is 1. The Labute approximate surface area is 105 Å². The average Bonchev–Trinajstić information content (AvgIpc) is 2.60. The molecule has 2 aromatic rings. The van der Waals surface area contributed by atoms with Crippen molar-refractivity contribution in [3.05, 3.63) is 56.5 Å². The predicted molar refractivity (Wildman–Crippen MR) is 69.0 cm³/mol. The first-order valence-electron chi connectivity index (χ1n) is 5.50. The van der Waals surface area contributed by atoms with E-state index >= 15 is 0 Å². The summed E-state index contributed by atoms with van der Waals surface area (Å²) in [4.78, 5) is 2.17. The van der Waals surface area contributed by atoms with Crippen LogP contribution in [0.4, 0.5) is 4.39 Å². The molecule has 0 aliphatic rings. The summed E-state index contributed by atoms with van der Waals surface area (Å²) in [5, 5.41) is 10.3. The summed E-state index contributed by atoms with van der Waals surface area (Å²) in [6.07, 6.45) is -0.875. The second-order valence-electron chi connectivity index (χ2n) is 4.30. The van der Waals surface area contributed by atoms with Gasteiger partial charge in [0.25, 0.3) is 0 Å². The lowest BCUT2D eigenvalue weighted by molar-refractivity contribution is 0.214. The van der Waals surface area contributed by atoms with Crippen LogP contribution in [0.25, 0.3) is 0 Å². The number of aliphatic hydroxyl groups excluding tert-OH is 1. The van der Waals surface area contributed by atoms with Gasteiger partial charge in [-0.2, -0.15) is 0 Å². The Morgan fingerprint density at radius 2 is 1.82 bits per heavy atom. The van der Waals surface area contributed by atoms with Gasteiger partial charge in [-0.05, 0) is 38.5 Å². The lowest BCUT2D eigenvalue weighted by Gasteiger charge is -2.12. The molecule has 1 N–H and O–H groups in total. The summed E-state index contributed by atoms with van der Waals surface area (Å²) in [5.41, 5.74) is 2.10. The second kappa shape index (κ2) is 4.59. The minimum Gasteiger partial charge on any atom is -0.384 e. The second-order valence-corrected chi connectivity index (χ2v) is 5.76. The zero-order chi connectivity index (χ0) is 12.6. The van der Waals surface area contributed by atoms with Crippen LogP contribution in [0.15, 0.2) is 24.3 Å². The van der Waals surface area contributed by atoms with Gasteiger partial charge in [0.15, 0.2) is 0 Å². The van der Waals surface area contributed by atoms with Crippen LogP contribution in [0.2, 0.25) is 0 Å². The van der Waals surface area contributed by atoms with Crippen molar-refractivity contribution >= 4 is 11.3 Å². The Morgan fingerprint density at radius 3 is 2.41 bits per heavy atom. The van der Waals surface area contributed by atoms with Crippen molar-refractivity contribution in [3.8, 4) is 0 Å². The Balaban J connectivity index is 2.46. The third-order valence-electron chi connectivity index (χ3n) is 2.82. The van der Waals surface area contributed by atoms with Gasteiger partial charge in [-0.15, -0.1) is 11.3 Å². The van der Waals surface area contributed by atoms with Crippen molar-refractivity contribution < 1.29 is 9.50 Å². The largest absolute Gasteiger partial charge is 0.384 e. The predicted octanol–water partition coefficient (Wildman–Crippen LogP) is 3.89. The van der Waals surface area contributed by atoms with E-state index in [0.29, 0.717) is 5.56 Å². The van der Waals surface area contributed by atoms with Crippen molar-refractivity contribution in [1.29, 1.82) is 0 Å². The van der Waals surface area contributed by atoms with E-state index in [4.69, 9.17) is 0 Å². The molecule has 3 heteroatoms. The lowest BCUT2D eigenvalue weighted by atomic mass is 10.00. The van der Waals surface area contributed by atoms with Crippen LogP contribution in [-0.4, -0.2) is 5.11 Å². The zero-order valence-electron chi connectivity index (χ0n) is 10.1. The van der Waals surface area contributed by atoms with Gasteiger partial charge >= 0.3 is 0 Å². The molecule has 1 aromatic carbocycles. The van der Waals surface area contributed by atoms with E-state index in [0.717, 1.165) is 20.9 Å². The first kappa shape index (κ1) is 12.3. The van der Waals surface area contributed by atoms with E-state index in [1.165, 1.54) is 6.07 Å². The molecule has 0 aliphatic carbocycles. The molecule has 1 nitrogen and oxygen atoms in total. The standard InChI is InChI=1S/C14H15FOS/c1-8-4-5-13(15)12(6-8)14(16)11-7-9(2)17-10(11)3/h4-7,14,16H,1-3H3. The maximum atomic E-state index is 13.7. The molecule has 17 heavy (non-hydrogen) atoms. The highest BCUT2D eigenvalue weighted by atomic mass is 32.1. The molecular formula is C14H15FOS.